The number of hydrogen-bond acceptors (Lipinski definition) is 2. The molecule has 0 radical (unpaired) electrons. The van der Waals surface area contributed by atoms with Gasteiger partial charge in [0, 0.05) is 31.5 Å². The van der Waals surface area contributed by atoms with Crippen LogP contribution in [-0.4, -0.2) is 22.8 Å². The van der Waals surface area contributed by atoms with Crippen molar-refractivity contribution in [3.05, 3.63) is 34.6 Å². The van der Waals surface area contributed by atoms with E-state index in [-0.39, 0.29) is 5.82 Å². The zero-order valence-electron chi connectivity index (χ0n) is 12.3. The number of carbonyl (C=O) groups is 1. The lowest BCUT2D eigenvalue weighted by atomic mass is 9.83. The Bertz CT molecular complexity index is 501. The van der Waals surface area contributed by atoms with E-state index in [2.05, 4.69) is 4.90 Å². The summed E-state index contributed by atoms with van der Waals surface area (Å²) in [5.74, 6) is 0.324. The van der Waals surface area contributed by atoms with E-state index in [1.54, 1.807) is 0 Å². The smallest absolute Gasteiger partial charge is 0.136 e. The van der Waals surface area contributed by atoms with Crippen molar-refractivity contribution >= 4 is 5.78 Å². The van der Waals surface area contributed by atoms with Crippen molar-refractivity contribution in [2.75, 3.05) is 0 Å². The number of halogens is 1. The van der Waals surface area contributed by atoms with Crippen LogP contribution in [0.3, 0.4) is 0 Å². The fourth-order valence-corrected chi connectivity index (χ4v) is 3.86. The Morgan fingerprint density at radius 3 is 2.25 bits per heavy atom. The minimum Gasteiger partial charge on any atom is -0.300 e. The fraction of sp³-hybridized carbons (Fsp3) is 0.588. The Hall–Kier alpha value is -1.22. The molecule has 1 aromatic carbocycles. The number of hydrogen-bond donors (Lipinski definition) is 0. The minimum absolute atomic E-state index is 0.0947. The van der Waals surface area contributed by atoms with Gasteiger partial charge in [0.2, 0.25) is 0 Å². The number of nitrogens with zero attached hydrogens (tertiary/aromatic N) is 1. The molecular formula is C17H22FNO. The van der Waals surface area contributed by atoms with Gasteiger partial charge in [0.1, 0.15) is 11.6 Å². The van der Waals surface area contributed by atoms with Crippen LogP contribution in [0.2, 0.25) is 0 Å². The molecule has 2 bridgehead atoms. The van der Waals surface area contributed by atoms with Crippen LogP contribution in [0.4, 0.5) is 4.39 Å². The molecule has 0 amide bonds. The Morgan fingerprint density at radius 1 is 1.15 bits per heavy atom. The van der Waals surface area contributed by atoms with Gasteiger partial charge in [-0.15, -0.1) is 0 Å². The molecule has 3 rings (SSSR count). The summed E-state index contributed by atoms with van der Waals surface area (Å²) < 4.78 is 13.7. The van der Waals surface area contributed by atoms with Gasteiger partial charge < -0.3 is 0 Å². The van der Waals surface area contributed by atoms with Gasteiger partial charge in [-0.1, -0.05) is 18.6 Å². The Kier molecular flexibility index (Phi) is 3.63. The molecule has 0 N–H and O–H groups in total. The Balaban J connectivity index is 1.82. The normalized spacial score (nSPS) is 26.9. The molecule has 2 aliphatic rings. The summed E-state index contributed by atoms with van der Waals surface area (Å²) in [6, 6.07) is 4.71. The topological polar surface area (TPSA) is 20.3 Å². The van der Waals surface area contributed by atoms with Crippen molar-refractivity contribution in [3.8, 4) is 0 Å². The van der Waals surface area contributed by atoms with Gasteiger partial charge >= 0.3 is 0 Å². The maximum atomic E-state index is 13.7. The lowest BCUT2D eigenvalue weighted by molar-refractivity contribution is -0.127. The fourth-order valence-electron chi connectivity index (χ4n) is 3.86. The van der Waals surface area contributed by atoms with Crippen LogP contribution >= 0.6 is 0 Å². The third kappa shape index (κ3) is 2.51. The van der Waals surface area contributed by atoms with E-state index in [4.69, 9.17) is 0 Å². The third-order valence-corrected chi connectivity index (χ3v) is 4.80. The predicted molar refractivity (Wildman–Crippen MR) is 77.1 cm³/mol. The Morgan fingerprint density at radius 2 is 1.70 bits per heavy atom. The number of carbonyl (C=O) groups excluding carboxylic acids is 1. The number of aryl methyl sites for hydroxylation is 2. The lowest BCUT2D eigenvalue weighted by Gasteiger charge is -2.45. The van der Waals surface area contributed by atoms with Gasteiger partial charge in [-0.25, -0.2) is 4.39 Å². The molecule has 20 heavy (non-hydrogen) atoms. The summed E-state index contributed by atoms with van der Waals surface area (Å²) >= 11 is 0. The average Bonchev–Trinajstić information content (AvgIpc) is 2.37. The maximum Gasteiger partial charge on any atom is 0.136 e. The van der Waals surface area contributed by atoms with Crippen molar-refractivity contribution < 1.29 is 9.18 Å². The van der Waals surface area contributed by atoms with Crippen LogP contribution in [0.5, 0.6) is 0 Å². The second-order valence-corrected chi connectivity index (χ2v) is 6.40. The lowest BCUT2D eigenvalue weighted by Crippen LogP contribution is -2.51. The first kappa shape index (κ1) is 13.7. The van der Waals surface area contributed by atoms with Crippen LogP contribution in [0, 0.1) is 19.7 Å². The molecule has 108 valence electrons. The molecule has 2 nitrogen and oxygen atoms in total. The highest BCUT2D eigenvalue weighted by Gasteiger charge is 2.37. The largest absolute Gasteiger partial charge is 0.300 e. The molecule has 0 aromatic heterocycles. The van der Waals surface area contributed by atoms with Crippen molar-refractivity contribution in [1.82, 2.24) is 4.90 Å². The number of Topliss-reactive ketones (excluding diaryl/α,β-unsaturated/α-hetero) is 1. The zero-order chi connectivity index (χ0) is 14.3. The second-order valence-electron chi connectivity index (χ2n) is 6.40. The summed E-state index contributed by atoms with van der Waals surface area (Å²) in [7, 11) is 0. The van der Waals surface area contributed by atoms with Crippen molar-refractivity contribution in [2.45, 2.75) is 64.6 Å². The summed E-state index contributed by atoms with van der Waals surface area (Å²) in [4.78, 5) is 14.2. The summed E-state index contributed by atoms with van der Waals surface area (Å²) in [5, 5.41) is 0. The average molecular weight is 275 g/mol. The van der Waals surface area contributed by atoms with Gasteiger partial charge in [0.25, 0.3) is 0 Å². The molecule has 2 heterocycles. The summed E-state index contributed by atoms with van der Waals surface area (Å²) in [5.41, 5.74) is 2.61. The van der Waals surface area contributed by atoms with Crippen LogP contribution in [0.15, 0.2) is 12.1 Å². The van der Waals surface area contributed by atoms with Gasteiger partial charge in [-0.3, -0.25) is 9.69 Å². The van der Waals surface area contributed by atoms with Gasteiger partial charge in [0.15, 0.2) is 0 Å². The highest BCUT2D eigenvalue weighted by Crippen LogP contribution is 2.33. The molecule has 0 spiro atoms. The van der Waals surface area contributed by atoms with Crippen LogP contribution in [0.1, 0.15) is 48.8 Å². The highest BCUT2D eigenvalue weighted by atomic mass is 19.1. The SMILES string of the molecule is Cc1cc(CN2C3CCCC2CC(=O)C3)cc(C)c1F. The molecule has 0 aliphatic carbocycles. The molecule has 2 fully saturated rings. The Labute approximate surface area is 120 Å². The number of ketones is 1. The third-order valence-electron chi connectivity index (χ3n) is 4.80. The van der Waals surface area contributed by atoms with Crippen LogP contribution in [0.25, 0.3) is 0 Å². The number of benzene rings is 1. The maximum absolute atomic E-state index is 13.7. The van der Waals surface area contributed by atoms with Gasteiger partial charge in [0.05, 0.1) is 0 Å². The molecule has 2 unspecified atom stereocenters. The number of rotatable bonds is 2. The van der Waals surface area contributed by atoms with Crippen LogP contribution in [-0.2, 0) is 11.3 Å². The zero-order valence-corrected chi connectivity index (χ0v) is 12.3. The molecule has 1 aromatic rings. The van der Waals surface area contributed by atoms with E-state index < -0.39 is 0 Å². The second kappa shape index (κ2) is 5.28. The standard InChI is InChI=1S/C17H22FNO/c1-11-6-13(7-12(2)17(11)18)10-19-14-4-3-5-15(19)9-16(20)8-14/h6-7,14-15H,3-5,8-10H2,1-2H3. The first-order chi connectivity index (χ1) is 9.54. The summed E-state index contributed by atoms with van der Waals surface area (Å²) in [6.07, 6.45) is 4.90. The first-order valence-corrected chi connectivity index (χ1v) is 7.57. The van der Waals surface area contributed by atoms with Crippen LogP contribution < -0.4 is 0 Å². The minimum atomic E-state index is -0.0947. The molecule has 2 atom stereocenters. The number of fused-ring (bicyclic) bond motifs is 2. The molecule has 0 saturated carbocycles. The molecule has 3 heteroatoms. The monoisotopic (exact) mass is 275 g/mol. The molecule has 2 aliphatic heterocycles. The van der Waals surface area contributed by atoms with Crippen molar-refractivity contribution in [3.63, 3.8) is 0 Å². The van der Waals surface area contributed by atoms with Crippen molar-refractivity contribution in [2.24, 2.45) is 0 Å². The van der Waals surface area contributed by atoms with Gasteiger partial charge in [-0.05, 0) is 43.4 Å². The first-order valence-electron chi connectivity index (χ1n) is 7.57. The van der Waals surface area contributed by atoms with E-state index >= 15 is 0 Å². The highest BCUT2D eigenvalue weighted by molar-refractivity contribution is 5.80. The molecular weight excluding hydrogens is 253 g/mol. The van der Waals surface area contributed by atoms with E-state index in [0.717, 1.165) is 30.5 Å². The summed E-state index contributed by atoms with van der Waals surface area (Å²) in [6.45, 7) is 4.50. The van der Waals surface area contributed by atoms with Crippen molar-refractivity contribution in [1.29, 1.82) is 0 Å². The predicted octanol–water partition coefficient (Wildman–Crippen LogP) is 3.53. The van der Waals surface area contributed by atoms with E-state index in [1.165, 1.54) is 12.0 Å². The van der Waals surface area contributed by atoms with Gasteiger partial charge in [-0.2, -0.15) is 0 Å². The van der Waals surface area contributed by atoms with E-state index in [9.17, 15) is 9.18 Å². The van der Waals surface area contributed by atoms with E-state index in [1.807, 2.05) is 26.0 Å². The van der Waals surface area contributed by atoms with E-state index in [0.29, 0.717) is 30.7 Å². The molecule has 2 saturated heterocycles. The quantitative estimate of drug-likeness (QED) is 0.823. The number of piperidine rings is 2.